The van der Waals surface area contributed by atoms with Gasteiger partial charge in [-0.25, -0.2) is 14.8 Å². The number of anilines is 2. The smallest absolute Gasteiger partial charge is 0.361 e. The summed E-state index contributed by atoms with van der Waals surface area (Å²) in [6, 6.07) is 9.14. The number of ether oxygens (including phenoxy) is 1. The minimum absolute atomic E-state index is 0.0321. The van der Waals surface area contributed by atoms with E-state index in [2.05, 4.69) is 9.97 Å². The molecule has 2 aromatic rings. The van der Waals surface area contributed by atoms with Crippen LogP contribution >= 0.6 is 0 Å². The third-order valence-corrected chi connectivity index (χ3v) is 2.93. The van der Waals surface area contributed by atoms with Crippen molar-refractivity contribution in [3.63, 3.8) is 0 Å². The zero-order chi connectivity index (χ0) is 15.9. The summed E-state index contributed by atoms with van der Waals surface area (Å²) in [5.41, 5.74) is 6.18. The van der Waals surface area contributed by atoms with Gasteiger partial charge in [-0.1, -0.05) is 18.2 Å². The van der Waals surface area contributed by atoms with E-state index in [0.29, 0.717) is 6.54 Å². The van der Waals surface area contributed by atoms with Crippen molar-refractivity contribution in [2.75, 3.05) is 23.8 Å². The van der Waals surface area contributed by atoms with E-state index in [0.717, 1.165) is 5.69 Å². The van der Waals surface area contributed by atoms with E-state index in [1.54, 1.807) is 0 Å². The average Bonchev–Trinajstić information content (AvgIpc) is 2.55. The van der Waals surface area contributed by atoms with Crippen molar-refractivity contribution < 1.29 is 14.3 Å². The van der Waals surface area contributed by atoms with E-state index >= 15 is 0 Å². The molecular weight excluding hydrogens is 284 g/mol. The number of nitrogens with two attached hydrogens (primary N) is 1. The molecule has 0 saturated heterocycles. The number of rotatable bonds is 5. The summed E-state index contributed by atoms with van der Waals surface area (Å²) in [6.07, 6.45) is 2.70. The Bertz CT molecular complexity index is 661. The molecule has 1 heterocycles. The van der Waals surface area contributed by atoms with Crippen LogP contribution in [0.4, 0.5) is 11.5 Å². The first kappa shape index (κ1) is 15.4. The maximum atomic E-state index is 12.2. The van der Waals surface area contributed by atoms with Crippen LogP contribution in [0.3, 0.4) is 0 Å². The molecule has 0 spiro atoms. The maximum absolute atomic E-state index is 12.2. The molecule has 114 valence electrons. The van der Waals surface area contributed by atoms with Gasteiger partial charge in [0.25, 0.3) is 5.91 Å². The van der Waals surface area contributed by atoms with Crippen molar-refractivity contribution >= 4 is 23.4 Å². The number of nitrogens with zero attached hydrogens (tertiary/aromatic N) is 3. The summed E-state index contributed by atoms with van der Waals surface area (Å²) in [6.45, 7) is 1.92. The summed E-state index contributed by atoms with van der Waals surface area (Å²) >= 11 is 0. The molecule has 0 aliphatic carbocycles. The molecule has 1 aromatic carbocycles. The second-order valence-corrected chi connectivity index (χ2v) is 4.34. The van der Waals surface area contributed by atoms with Crippen molar-refractivity contribution in [1.29, 1.82) is 0 Å². The summed E-state index contributed by atoms with van der Waals surface area (Å²) in [7, 11) is 0. The third kappa shape index (κ3) is 3.57. The van der Waals surface area contributed by atoms with E-state index in [4.69, 9.17) is 10.5 Å². The van der Waals surface area contributed by atoms with Gasteiger partial charge in [0.2, 0.25) is 0 Å². The Morgan fingerprint density at radius 1 is 1.18 bits per heavy atom. The fraction of sp³-hybridized carbons (Fsp3) is 0.200. The van der Waals surface area contributed by atoms with Crippen molar-refractivity contribution in [3.05, 3.63) is 48.4 Å². The van der Waals surface area contributed by atoms with Crippen LogP contribution in [-0.4, -0.2) is 35.0 Å². The number of amides is 1. The van der Waals surface area contributed by atoms with E-state index in [1.807, 2.05) is 37.3 Å². The van der Waals surface area contributed by atoms with Crippen LogP contribution in [0.25, 0.3) is 0 Å². The normalized spacial score (nSPS) is 10.0. The largest absolute Gasteiger partial charge is 0.451 e. The van der Waals surface area contributed by atoms with Gasteiger partial charge in [0.1, 0.15) is 0 Å². The van der Waals surface area contributed by atoms with E-state index in [9.17, 15) is 9.59 Å². The van der Waals surface area contributed by atoms with Gasteiger partial charge in [-0.3, -0.25) is 4.79 Å². The third-order valence-electron chi connectivity index (χ3n) is 2.93. The highest BCUT2D eigenvalue weighted by molar-refractivity contribution is 5.97. The molecule has 2 N–H and O–H groups in total. The number of benzene rings is 1. The van der Waals surface area contributed by atoms with Gasteiger partial charge < -0.3 is 15.4 Å². The van der Waals surface area contributed by atoms with Crippen LogP contribution in [0.1, 0.15) is 17.4 Å². The molecule has 0 radical (unpaired) electrons. The van der Waals surface area contributed by atoms with Crippen LogP contribution in [0.15, 0.2) is 42.7 Å². The van der Waals surface area contributed by atoms with E-state index in [-0.39, 0.29) is 17.4 Å². The lowest BCUT2D eigenvalue weighted by Crippen LogP contribution is -2.34. The highest BCUT2D eigenvalue weighted by Crippen LogP contribution is 2.13. The highest BCUT2D eigenvalue weighted by Gasteiger charge is 2.18. The molecule has 2 rings (SSSR count). The summed E-state index contributed by atoms with van der Waals surface area (Å²) in [4.78, 5) is 33.1. The molecule has 0 aliphatic rings. The zero-order valence-corrected chi connectivity index (χ0v) is 12.1. The molecule has 0 aliphatic heterocycles. The summed E-state index contributed by atoms with van der Waals surface area (Å²) in [5, 5.41) is 0. The number of aromatic nitrogens is 2. The maximum Gasteiger partial charge on any atom is 0.361 e. The molecule has 0 fully saturated rings. The Kier molecular flexibility index (Phi) is 5.02. The zero-order valence-electron chi connectivity index (χ0n) is 12.1. The molecule has 0 atom stereocenters. The minimum Gasteiger partial charge on any atom is -0.451 e. The van der Waals surface area contributed by atoms with E-state index in [1.165, 1.54) is 17.3 Å². The van der Waals surface area contributed by atoms with Gasteiger partial charge in [0.15, 0.2) is 18.1 Å². The Morgan fingerprint density at radius 2 is 1.86 bits per heavy atom. The van der Waals surface area contributed by atoms with Crippen molar-refractivity contribution in [2.24, 2.45) is 0 Å². The summed E-state index contributed by atoms with van der Waals surface area (Å²) < 4.78 is 4.96. The number of carbonyl (C=O) groups excluding carboxylic acids is 2. The van der Waals surface area contributed by atoms with Crippen LogP contribution in [-0.2, 0) is 9.53 Å². The lowest BCUT2D eigenvalue weighted by Gasteiger charge is -2.20. The minimum atomic E-state index is -0.775. The van der Waals surface area contributed by atoms with Crippen molar-refractivity contribution in [3.8, 4) is 0 Å². The van der Waals surface area contributed by atoms with Crippen LogP contribution in [0.5, 0.6) is 0 Å². The number of esters is 1. The monoisotopic (exact) mass is 300 g/mol. The number of hydrogen-bond donors (Lipinski definition) is 1. The van der Waals surface area contributed by atoms with Crippen molar-refractivity contribution in [2.45, 2.75) is 6.92 Å². The molecule has 7 nitrogen and oxygen atoms in total. The summed E-state index contributed by atoms with van der Waals surface area (Å²) in [5.74, 6) is -1.14. The number of nitrogen functional groups attached to an aromatic ring is 1. The second-order valence-electron chi connectivity index (χ2n) is 4.34. The molecular formula is C15H16N4O3. The fourth-order valence-corrected chi connectivity index (χ4v) is 1.89. The number of carbonyl (C=O) groups is 2. The van der Waals surface area contributed by atoms with Gasteiger partial charge >= 0.3 is 5.97 Å². The molecule has 1 amide bonds. The molecule has 0 saturated carbocycles. The van der Waals surface area contributed by atoms with Gasteiger partial charge in [-0.15, -0.1) is 0 Å². The molecule has 22 heavy (non-hydrogen) atoms. The number of para-hydroxylation sites is 1. The van der Waals surface area contributed by atoms with E-state index < -0.39 is 12.6 Å². The second kappa shape index (κ2) is 7.16. The van der Waals surface area contributed by atoms with Gasteiger partial charge in [-0.2, -0.15) is 0 Å². The van der Waals surface area contributed by atoms with Gasteiger partial charge in [0, 0.05) is 24.6 Å². The Hall–Kier alpha value is -2.96. The Labute approximate surface area is 127 Å². The van der Waals surface area contributed by atoms with Crippen molar-refractivity contribution in [1.82, 2.24) is 9.97 Å². The first-order chi connectivity index (χ1) is 10.6. The molecule has 1 aromatic heterocycles. The predicted octanol–water partition coefficient (Wildman–Crippen LogP) is 1.27. The predicted molar refractivity (Wildman–Crippen MR) is 81.2 cm³/mol. The topological polar surface area (TPSA) is 98.4 Å². The first-order valence-electron chi connectivity index (χ1n) is 6.72. The average molecular weight is 300 g/mol. The number of likely N-dealkylation sites (N-methyl/N-ethyl adjacent to an activating group) is 1. The van der Waals surface area contributed by atoms with Gasteiger partial charge in [0.05, 0.1) is 0 Å². The van der Waals surface area contributed by atoms with Gasteiger partial charge in [-0.05, 0) is 19.1 Å². The molecule has 0 unspecified atom stereocenters. The first-order valence-corrected chi connectivity index (χ1v) is 6.72. The standard InChI is InChI=1S/C15H16N4O3/c1-2-19(11-6-4-3-5-7-11)12(20)10-22-15(21)13-14(16)18-9-8-17-13/h3-9H,2,10H2,1H3,(H2,16,18). The fourth-order valence-electron chi connectivity index (χ4n) is 1.89. The molecule has 0 bridgehead atoms. The SMILES string of the molecule is CCN(C(=O)COC(=O)c1nccnc1N)c1ccccc1. The molecule has 7 heteroatoms. The lowest BCUT2D eigenvalue weighted by atomic mass is 10.3. The lowest BCUT2D eigenvalue weighted by molar-refractivity contribution is -0.121. The quantitative estimate of drug-likeness (QED) is 0.835. The Morgan fingerprint density at radius 3 is 2.50 bits per heavy atom. The van der Waals surface area contributed by atoms with Crippen LogP contribution < -0.4 is 10.6 Å². The van der Waals surface area contributed by atoms with Crippen LogP contribution in [0.2, 0.25) is 0 Å². The Balaban J connectivity index is 2.00. The highest BCUT2D eigenvalue weighted by atomic mass is 16.5. The van der Waals surface area contributed by atoms with Crippen LogP contribution in [0, 0.1) is 0 Å². The number of hydrogen-bond acceptors (Lipinski definition) is 6.